The van der Waals surface area contributed by atoms with Crippen LogP contribution in [0.15, 0.2) is 45.7 Å². The van der Waals surface area contributed by atoms with E-state index in [-0.39, 0.29) is 18.7 Å². The summed E-state index contributed by atoms with van der Waals surface area (Å²) >= 11 is 0. The van der Waals surface area contributed by atoms with Gasteiger partial charge in [-0.3, -0.25) is 4.57 Å². The van der Waals surface area contributed by atoms with Gasteiger partial charge in [0.05, 0.1) is 18.1 Å². The Morgan fingerprint density at radius 3 is 2.72 bits per heavy atom. The minimum Gasteiger partial charge on any atom is -0.437 e. The monoisotopic (exact) mass is 398 g/mol. The van der Waals surface area contributed by atoms with E-state index in [1.54, 1.807) is 6.20 Å². The van der Waals surface area contributed by atoms with E-state index in [0.717, 1.165) is 12.0 Å². The molecule has 7 heteroatoms. The molecular weight excluding hydrogens is 372 g/mol. The van der Waals surface area contributed by atoms with Gasteiger partial charge in [0.2, 0.25) is 5.71 Å². The summed E-state index contributed by atoms with van der Waals surface area (Å²) in [4.78, 5) is 16.4. The highest BCUT2D eigenvalue weighted by Gasteiger charge is 2.35. The molecule has 7 nitrogen and oxygen atoms in total. The molecule has 29 heavy (non-hydrogen) atoms. The van der Waals surface area contributed by atoms with Crippen molar-refractivity contribution in [3.63, 3.8) is 0 Å². The number of hydrogen-bond acceptors (Lipinski definition) is 6. The highest BCUT2D eigenvalue weighted by Crippen LogP contribution is 2.30. The van der Waals surface area contributed by atoms with E-state index in [2.05, 4.69) is 24.0 Å². The average molecular weight is 398 g/mol. The van der Waals surface area contributed by atoms with Gasteiger partial charge in [0.1, 0.15) is 18.1 Å². The Morgan fingerprint density at radius 2 is 2.03 bits per heavy atom. The second kappa shape index (κ2) is 8.49. The van der Waals surface area contributed by atoms with Gasteiger partial charge in [-0.1, -0.05) is 44.0 Å². The largest absolute Gasteiger partial charge is 0.437 e. The lowest BCUT2D eigenvalue weighted by Crippen LogP contribution is -2.27. The van der Waals surface area contributed by atoms with E-state index >= 15 is 0 Å². The molecule has 0 saturated carbocycles. The summed E-state index contributed by atoms with van der Waals surface area (Å²) in [6, 6.07) is 10.1. The number of aliphatic hydroxyl groups excluding tert-OH is 2. The van der Waals surface area contributed by atoms with Crippen LogP contribution in [-0.2, 0) is 11.2 Å². The maximum Gasteiger partial charge on any atom is 0.353 e. The number of hydrogen-bond donors (Lipinski definition) is 2. The van der Waals surface area contributed by atoms with Gasteiger partial charge in [0, 0.05) is 18.2 Å². The van der Waals surface area contributed by atoms with Crippen molar-refractivity contribution in [1.82, 2.24) is 9.55 Å². The topological polar surface area (TPSA) is 97.7 Å². The van der Waals surface area contributed by atoms with E-state index < -0.39 is 24.1 Å². The fraction of sp³-hybridized carbons (Fsp3) is 0.455. The highest BCUT2D eigenvalue weighted by molar-refractivity contribution is 5.79. The van der Waals surface area contributed by atoms with Crippen LogP contribution in [-0.4, -0.2) is 38.6 Å². The summed E-state index contributed by atoms with van der Waals surface area (Å²) in [7, 11) is 0. The molecular formula is C22H26N2O5. The summed E-state index contributed by atoms with van der Waals surface area (Å²) in [5, 5.41) is 19.9. The predicted octanol–water partition coefficient (Wildman–Crippen LogP) is 3.03. The first-order valence-corrected chi connectivity index (χ1v) is 10.2. The molecule has 0 aliphatic carbocycles. The predicted molar refractivity (Wildman–Crippen MR) is 109 cm³/mol. The van der Waals surface area contributed by atoms with Gasteiger partial charge in [0.15, 0.2) is 0 Å². The van der Waals surface area contributed by atoms with Crippen LogP contribution < -0.4 is 5.69 Å². The van der Waals surface area contributed by atoms with Crippen LogP contribution in [0, 0.1) is 0 Å². The molecule has 1 fully saturated rings. The van der Waals surface area contributed by atoms with Crippen molar-refractivity contribution < 1.29 is 19.4 Å². The first-order valence-electron chi connectivity index (χ1n) is 10.2. The smallest absolute Gasteiger partial charge is 0.353 e. The van der Waals surface area contributed by atoms with Crippen molar-refractivity contribution in [2.24, 2.45) is 0 Å². The molecule has 154 valence electrons. The van der Waals surface area contributed by atoms with Gasteiger partial charge in [0.25, 0.3) is 0 Å². The van der Waals surface area contributed by atoms with Crippen LogP contribution in [0.25, 0.3) is 22.4 Å². The molecule has 2 N–H and O–H groups in total. The molecule has 1 aliphatic heterocycles. The Balaban J connectivity index is 1.58. The lowest BCUT2D eigenvalue weighted by molar-refractivity contribution is -0.0457. The Labute approximate surface area is 168 Å². The number of nitrogens with zero attached hydrogens (tertiary/aromatic N) is 2. The minimum atomic E-state index is -0.816. The fourth-order valence-electron chi connectivity index (χ4n) is 3.74. The van der Waals surface area contributed by atoms with Gasteiger partial charge in [-0.05, 0) is 24.5 Å². The number of aryl methyl sites for hydroxylation is 1. The van der Waals surface area contributed by atoms with Gasteiger partial charge < -0.3 is 19.4 Å². The number of furan rings is 1. The summed E-state index contributed by atoms with van der Waals surface area (Å²) in [6.07, 6.45) is 4.38. The van der Waals surface area contributed by atoms with E-state index in [0.29, 0.717) is 11.1 Å². The van der Waals surface area contributed by atoms with Gasteiger partial charge in [-0.2, -0.15) is 4.98 Å². The van der Waals surface area contributed by atoms with Gasteiger partial charge >= 0.3 is 5.69 Å². The molecule has 2 aromatic heterocycles. The summed E-state index contributed by atoms with van der Waals surface area (Å²) < 4.78 is 12.7. The summed E-state index contributed by atoms with van der Waals surface area (Å²) in [6.45, 7) is 1.90. The van der Waals surface area contributed by atoms with Gasteiger partial charge in [-0.25, -0.2) is 4.79 Å². The van der Waals surface area contributed by atoms with E-state index in [1.165, 1.54) is 29.4 Å². The van der Waals surface area contributed by atoms with Crippen molar-refractivity contribution in [2.45, 2.75) is 57.5 Å². The first kappa shape index (κ1) is 19.8. The Hall–Kier alpha value is -2.48. The van der Waals surface area contributed by atoms with E-state index in [9.17, 15) is 15.0 Å². The molecule has 3 aromatic rings. The molecule has 0 amide bonds. The van der Waals surface area contributed by atoms with Crippen LogP contribution in [0.1, 0.15) is 44.4 Å². The van der Waals surface area contributed by atoms with Crippen LogP contribution in [0.5, 0.6) is 0 Å². The molecule has 1 aliphatic rings. The third-order valence-corrected chi connectivity index (χ3v) is 5.44. The number of aliphatic hydroxyl groups is 2. The Bertz CT molecular complexity index is 1020. The Morgan fingerprint density at radius 1 is 1.24 bits per heavy atom. The summed E-state index contributed by atoms with van der Waals surface area (Å²) in [5.41, 5.74) is 1.98. The molecule has 0 radical (unpaired) electrons. The maximum atomic E-state index is 12.4. The number of unbranched alkanes of at least 4 members (excludes halogenated alkanes) is 2. The van der Waals surface area contributed by atoms with E-state index in [4.69, 9.17) is 9.15 Å². The lowest BCUT2D eigenvalue weighted by Gasteiger charge is -2.13. The van der Waals surface area contributed by atoms with Crippen molar-refractivity contribution in [1.29, 1.82) is 0 Å². The molecule has 0 spiro atoms. The van der Waals surface area contributed by atoms with Crippen LogP contribution in [0.2, 0.25) is 0 Å². The SMILES string of the molecule is CCCCCc1ccc(-c2cc3cn([C@H]4CC(O)[C@@H](CO)O4)c(=O)nc3o2)cc1. The zero-order valence-corrected chi connectivity index (χ0v) is 16.5. The Kier molecular flexibility index (Phi) is 5.80. The molecule has 0 bridgehead atoms. The fourth-order valence-corrected chi connectivity index (χ4v) is 3.74. The van der Waals surface area contributed by atoms with Crippen molar-refractivity contribution >= 4 is 11.1 Å². The standard InChI is InChI=1S/C22H26N2O5/c1-2-3-4-5-14-6-8-15(9-7-14)18-10-16-12-24(22(27)23-21(16)29-18)20-11-17(26)19(13-25)28-20/h6-10,12,17,19-20,25-26H,2-5,11,13H2,1H3/t17?,19-,20-/m1/s1. The van der Waals surface area contributed by atoms with Crippen LogP contribution in [0.4, 0.5) is 0 Å². The third kappa shape index (κ3) is 4.12. The van der Waals surface area contributed by atoms with Crippen molar-refractivity contribution in [2.75, 3.05) is 6.61 Å². The van der Waals surface area contributed by atoms with Crippen LogP contribution >= 0.6 is 0 Å². The summed E-state index contributed by atoms with van der Waals surface area (Å²) in [5.74, 6) is 0.644. The molecule has 3 heterocycles. The zero-order chi connectivity index (χ0) is 20.4. The molecule has 3 atom stereocenters. The molecule has 4 rings (SSSR count). The zero-order valence-electron chi connectivity index (χ0n) is 16.5. The number of rotatable bonds is 7. The van der Waals surface area contributed by atoms with E-state index in [1.807, 2.05) is 18.2 Å². The molecule has 1 saturated heterocycles. The quantitative estimate of drug-likeness (QED) is 0.594. The van der Waals surface area contributed by atoms with Crippen molar-refractivity contribution in [3.8, 4) is 11.3 Å². The second-order valence-corrected chi connectivity index (χ2v) is 7.57. The van der Waals surface area contributed by atoms with Gasteiger partial charge in [-0.15, -0.1) is 0 Å². The normalized spacial score (nSPS) is 21.8. The van der Waals surface area contributed by atoms with Crippen molar-refractivity contribution in [3.05, 3.63) is 52.6 Å². The maximum absolute atomic E-state index is 12.4. The average Bonchev–Trinajstić information content (AvgIpc) is 3.30. The molecule has 1 unspecified atom stereocenters. The molecule has 1 aromatic carbocycles. The number of ether oxygens (including phenoxy) is 1. The lowest BCUT2D eigenvalue weighted by atomic mass is 10.0. The number of aromatic nitrogens is 2. The number of benzene rings is 1. The number of fused-ring (bicyclic) bond motifs is 1. The third-order valence-electron chi connectivity index (χ3n) is 5.44. The highest BCUT2D eigenvalue weighted by atomic mass is 16.5. The first-order chi connectivity index (χ1) is 14.1. The second-order valence-electron chi connectivity index (χ2n) is 7.57. The minimum absolute atomic E-state index is 0.225. The van der Waals surface area contributed by atoms with Crippen LogP contribution in [0.3, 0.4) is 0 Å².